The van der Waals surface area contributed by atoms with Crippen LogP contribution in [0.2, 0.25) is 0 Å². The van der Waals surface area contributed by atoms with E-state index in [1.54, 1.807) is 11.3 Å². The summed E-state index contributed by atoms with van der Waals surface area (Å²) in [6.45, 7) is 5.72. The predicted octanol–water partition coefficient (Wildman–Crippen LogP) is 4.13. The number of amides is 1. The van der Waals surface area contributed by atoms with E-state index in [4.69, 9.17) is 4.74 Å². The minimum Gasteiger partial charge on any atom is -0.379 e. The van der Waals surface area contributed by atoms with Gasteiger partial charge in [-0.1, -0.05) is 44.2 Å². The van der Waals surface area contributed by atoms with Crippen molar-refractivity contribution in [2.45, 2.75) is 37.1 Å². The normalized spacial score (nSPS) is 16.9. The van der Waals surface area contributed by atoms with Crippen LogP contribution in [0.1, 0.15) is 58.7 Å². The van der Waals surface area contributed by atoms with E-state index in [0.29, 0.717) is 32.2 Å². The quantitative estimate of drug-likeness (QED) is 0.500. The Morgan fingerprint density at radius 2 is 1.88 bits per heavy atom. The molecule has 1 aliphatic rings. The Morgan fingerprint density at radius 3 is 2.52 bits per heavy atom. The predicted molar refractivity (Wildman–Crippen MR) is 129 cm³/mol. The standard InChI is InChI=1S/C24H29N3O4S2/c1-3-17(2)18-6-8-19(9-7-18)23(22-5-4-14-32-22)26-24(28)21-15-20(16-25-21)33(29,30)27-10-12-31-13-11-27/h4-9,14-17,23,25H,3,10-13H2,1-2H3,(H,26,28). The van der Waals surface area contributed by atoms with Crippen molar-refractivity contribution < 1.29 is 17.9 Å². The van der Waals surface area contributed by atoms with E-state index in [9.17, 15) is 13.2 Å². The Hall–Kier alpha value is -2.46. The highest BCUT2D eigenvalue weighted by atomic mass is 32.2. The number of ether oxygens (including phenoxy) is 1. The molecule has 176 valence electrons. The van der Waals surface area contributed by atoms with Crippen LogP contribution in [-0.2, 0) is 14.8 Å². The zero-order chi connectivity index (χ0) is 23.4. The minimum absolute atomic E-state index is 0.0835. The lowest BCUT2D eigenvalue weighted by Gasteiger charge is -2.25. The number of aromatic nitrogens is 1. The number of morpholine rings is 1. The van der Waals surface area contributed by atoms with E-state index < -0.39 is 10.0 Å². The van der Waals surface area contributed by atoms with Gasteiger partial charge < -0.3 is 15.0 Å². The molecule has 2 aromatic heterocycles. The third kappa shape index (κ3) is 5.22. The molecule has 7 nitrogen and oxygen atoms in total. The van der Waals surface area contributed by atoms with Crippen molar-refractivity contribution in [3.05, 3.63) is 75.7 Å². The maximum Gasteiger partial charge on any atom is 0.268 e. The van der Waals surface area contributed by atoms with Crippen LogP contribution in [0.3, 0.4) is 0 Å². The van der Waals surface area contributed by atoms with Crippen LogP contribution >= 0.6 is 11.3 Å². The van der Waals surface area contributed by atoms with E-state index in [1.807, 2.05) is 17.5 Å². The fraction of sp³-hybridized carbons (Fsp3) is 0.375. The summed E-state index contributed by atoms with van der Waals surface area (Å²) < 4.78 is 32.4. The lowest BCUT2D eigenvalue weighted by Crippen LogP contribution is -2.40. The van der Waals surface area contributed by atoms with E-state index in [1.165, 1.54) is 22.1 Å². The molecule has 1 fully saturated rings. The van der Waals surface area contributed by atoms with Gasteiger partial charge in [0.25, 0.3) is 5.91 Å². The van der Waals surface area contributed by atoms with Crippen molar-refractivity contribution in [2.24, 2.45) is 0 Å². The summed E-state index contributed by atoms with van der Waals surface area (Å²) in [5, 5.41) is 5.05. The number of aromatic amines is 1. The minimum atomic E-state index is -3.67. The van der Waals surface area contributed by atoms with Gasteiger partial charge in [-0.25, -0.2) is 8.42 Å². The molecular formula is C24H29N3O4S2. The molecule has 2 N–H and O–H groups in total. The maximum atomic E-state index is 13.1. The Kier molecular flexibility index (Phi) is 7.33. The fourth-order valence-electron chi connectivity index (χ4n) is 3.83. The first-order valence-corrected chi connectivity index (χ1v) is 13.4. The second-order valence-electron chi connectivity index (χ2n) is 8.16. The molecule has 1 aromatic carbocycles. The smallest absolute Gasteiger partial charge is 0.268 e. The van der Waals surface area contributed by atoms with Gasteiger partial charge in [0.05, 0.1) is 19.3 Å². The zero-order valence-corrected chi connectivity index (χ0v) is 20.4. The second kappa shape index (κ2) is 10.2. The molecule has 0 spiro atoms. The van der Waals surface area contributed by atoms with Crippen molar-refractivity contribution >= 4 is 27.3 Å². The van der Waals surface area contributed by atoms with Gasteiger partial charge in [0.2, 0.25) is 10.0 Å². The molecule has 2 atom stereocenters. The molecule has 2 unspecified atom stereocenters. The summed E-state index contributed by atoms with van der Waals surface area (Å²) in [5.41, 5.74) is 2.45. The molecule has 0 bridgehead atoms. The van der Waals surface area contributed by atoms with Gasteiger partial charge in [-0.2, -0.15) is 4.31 Å². The third-order valence-electron chi connectivity index (χ3n) is 6.06. The molecule has 0 aliphatic carbocycles. The number of nitrogens with one attached hydrogen (secondary N) is 2. The molecule has 9 heteroatoms. The zero-order valence-electron chi connectivity index (χ0n) is 18.8. The third-order valence-corrected chi connectivity index (χ3v) is 8.88. The first kappa shape index (κ1) is 23.7. The van der Waals surface area contributed by atoms with Crippen LogP contribution in [-0.4, -0.2) is 49.9 Å². The van der Waals surface area contributed by atoms with Gasteiger partial charge in [0.15, 0.2) is 0 Å². The van der Waals surface area contributed by atoms with Gasteiger partial charge in [-0.15, -0.1) is 11.3 Å². The largest absolute Gasteiger partial charge is 0.379 e. The Labute approximate surface area is 198 Å². The Bertz CT molecular complexity index is 1160. The number of sulfonamides is 1. The Morgan fingerprint density at radius 1 is 1.18 bits per heavy atom. The van der Waals surface area contributed by atoms with Gasteiger partial charge in [-0.3, -0.25) is 4.79 Å². The van der Waals surface area contributed by atoms with E-state index in [-0.39, 0.29) is 22.5 Å². The summed E-state index contributed by atoms with van der Waals surface area (Å²) >= 11 is 1.57. The number of hydrogen-bond acceptors (Lipinski definition) is 5. The summed E-state index contributed by atoms with van der Waals surface area (Å²) in [6, 6.07) is 13.3. The Balaban J connectivity index is 1.55. The summed E-state index contributed by atoms with van der Waals surface area (Å²) in [6.07, 6.45) is 2.44. The van der Waals surface area contributed by atoms with Crippen LogP contribution in [0.5, 0.6) is 0 Å². The van der Waals surface area contributed by atoms with E-state index >= 15 is 0 Å². The fourth-order valence-corrected chi connectivity index (χ4v) is 6.03. The molecule has 1 aliphatic heterocycles. The average Bonchev–Trinajstić information content (AvgIpc) is 3.56. The monoisotopic (exact) mass is 487 g/mol. The number of hydrogen-bond donors (Lipinski definition) is 2. The lowest BCUT2D eigenvalue weighted by molar-refractivity contribution is 0.0730. The number of nitrogens with zero attached hydrogens (tertiary/aromatic N) is 1. The van der Waals surface area contributed by atoms with Crippen LogP contribution in [0.4, 0.5) is 0 Å². The van der Waals surface area contributed by atoms with E-state index in [0.717, 1.165) is 16.9 Å². The number of rotatable bonds is 8. The first-order chi connectivity index (χ1) is 15.9. The number of benzene rings is 1. The van der Waals surface area contributed by atoms with Crippen molar-refractivity contribution in [2.75, 3.05) is 26.3 Å². The van der Waals surface area contributed by atoms with Crippen molar-refractivity contribution in [3.8, 4) is 0 Å². The van der Waals surface area contributed by atoms with Crippen LogP contribution in [0, 0.1) is 0 Å². The maximum absolute atomic E-state index is 13.1. The molecule has 0 saturated carbocycles. The van der Waals surface area contributed by atoms with Crippen molar-refractivity contribution in [3.63, 3.8) is 0 Å². The van der Waals surface area contributed by atoms with Gasteiger partial charge in [-0.05, 0) is 41.0 Å². The van der Waals surface area contributed by atoms with Gasteiger partial charge in [0.1, 0.15) is 10.6 Å². The van der Waals surface area contributed by atoms with E-state index in [2.05, 4.69) is 48.4 Å². The molecule has 33 heavy (non-hydrogen) atoms. The molecule has 1 amide bonds. The second-order valence-corrected chi connectivity index (χ2v) is 11.1. The SMILES string of the molecule is CCC(C)c1ccc(C(NC(=O)c2cc(S(=O)(=O)N3CCOCC3)c[nH]2)c2cccs2)cc1. The molecular weight excluding hydrogens is 458 g/mol. The number of carbonyl (C=O) groups excluding carboxylic acids is 1. The number of carbonyl (C=O) groups is 1. The summed E-state index contributed by atoms with van der Waals surface area (Å²) in [4.78, 5) is 17.0. The molecule has 3 aromatic rings. The average molecular weight is 488 g/mol. The number of thiophene rings is 1. The summed E-state index contributed by atoms with van der Waals surface area (Å²) in [5.74, 6) is 0.113. The molecule has 1 saturated heterocycles. The van der Waals surface area contributed by atoms with Crippen LogP contribution < -0.4 is 5.32 Å². The molecule has 4 rings (SSSR count). The highest BCUT2D eigenvalue weighted by molar-refractivity contribution is 7.89. The first-order valence-electron chi connectivity index (χ1n) is 11.1. The summed E-state index contributed by atoms with van der Waals surface area (Å²) in [7, 11) is -3.67. The highest BCUT2D eigenvalue weighted by Gasteiger charge is 2.28. The number of H-pyrrole nitrogens is 1. The molecule has 0 radical (unpaired) electrons. The topological polar surface area (TPSA) is 91.5 Å². The van der Waals surface area contributed by atoms with Crippen LogP contribution in [0.25, 0.3) is 0 Å². The van der Waals surface area contributed by atoms with Gasteiger partial charge in [0, 0.05) is 24.2 Å². The highest BCUT2D eigenvalue weighted by Crippen LogP contribution is 2.29. The lowest BCUT2D eigenvalue weighted by atomic mass is 9.95. The van der Waals surface area contributed by atoms with Crippen molar-refractivity contribution in [1.82, 2.24) is 14.6 Å². The van der Waals surface area contributed by atoms with Crippen molar-refractivity contribution in [1.29, 1.82) is 0 Å². The van der Waals surface area contributed by atoms with Gasteiger partial charge >= 0.3 is 0 Å². The van der Waals surface area contributed by atoms with Crippen LogP contribution in [0.15, 0.2) is 58.9 Å². The molecule has 3 heterocycles.